The Bertz CT molecular complexity index is 1050. The van der Waals surface area contributed by atoms with E-state index in [1.807, 2.05) is 23.7 Å². The smallest absolute Gasteiger partial charge is 0.280 e. The maximum atomic E-state index is 11.3. The lowest BCUT2D eigenvalue weighted by atomic mass is 10.1. The van der Waals surface area contributed by atoms with E-state index in [4.69, 9.17) is 0 Å². The summed E-state index contributed by atoms with van der Waals surface area (Å²) < 4.78 is 0. The predicted molar refractivity (Wildman–Crippen MR) is 103 cm³/mol. The maximum absolute atomic E-state index is 11.3. The standard InChI is InChI=1S/C18H15N5O4S/c24-22(25)14-4-3-12(16(8-14)23(26)27)10-21-6-5-15-13(11-21)9-19-18(20-15)17-2-1-7-28-17/h1-4,7-9H,5-6,10-11H2. The molecule has 0 unspecified atom stereocenters. The molecule has 3 heterocycles. The number of nitro benzene ring substituents is 2. The van der Waals surface area contributed by atoms with E-state index in [0.29, 0.717) is 31.0 Å². The molecule has 2 aromatic heterocycles. The second kappa shape index (κ2) is 7.41. The van der Waals surface area contributed by atoms with E-state index in [1.54, 1.807) is 11.3 Å². The molecule has 0 N–H and O–H groups in total. The molecule has 0 bridgehead atoms. The van der Waals surface area contributed by atoms with Crippen molar-refractivity contribution in [2.45, 2.75) is 19.5 Å². The number of nitro groups is 2. The van der Waals surface area contributed by atoms with E-state index >= 15 is 0 Å². The number of nitrogens with zero attached hydrogens (tertiary/aromatic N) is 5. The van der Waals surface area contributed by atoms with Gasteiger partial charge in [0, 0.05) is 49.4 Å². The minimum atomic E-state index is -0.629. The van der Waals surface area contributed by atoms with Crippen LogP contribution in [0.3, 0.4) is 0 Å². The van der Waals surface area contributed by atoms with Crippen LogP contribution in [0.15, 0.2) is 41.9 Å². The van der Waals surface area contributed by atoms with Gasteiger partial charge in [0.1, 0.15) is 0 Å². The van der Waals surface area contributed by atoms with Gasteiger partial charge in [0.25, 0.3) is 11.4 Å². The minimum absolute atomic E-state index is 0.232. The minimum Gasteiger partial charge on any atom is -0.294 e. The van der Waals surface area contributed by atoms with Gasteiger partial charge in [-0.1, -0.05) is 6.07 Å². The van der Waals surface area contributed by atoms with Crippen LogP contribution in [-0.2, 0) is 19.5 Å². The molecule has 0 spiro atoms. The van der Waals surface area contributed by atoms with Crippen molar-refractivity contribution in [2.24, 2.45) is 0 Å². The molecule has 0 amide bonds. The second-order valence-electron chi connectivity index (χ2n) is 6.43. The number of rotatable bonds is 5. The Kier molecular flexibility index (Phi) is 4.80. The van der Waals surface area contributed by atoms with Gasteiger partial charge in [-0.25, -0.2) is 9.97 Å². The zero-order valence-corrected chi connectivity index (χ0v) is 15.5. The van der Waals surface area contributed by atoms with Crippen LogP contribution in [0.25, 0.3) is 10.7 Å². The topological polar surface area (TPSA) is 115 Å². The highest BCUT2D eigenvalue weighted by Crippen LogP contribution is 2.28. The zero-order chi connectivity index (χ0) is 19.7. The summed E-state index contributed by atoms with van der Waals surface area (Å²) in [6.45, 7) is 1.61. The van der Waals surface area contributed by atoms with Gasteiger partial charge in [-0.15, -0.1) is 11.3 Å². The van der Waals surface area contributed by atoms with Gasteiger partial charge >= 0.3 is 0 Å². The molecule has 0 fully saturated rings. The average molecular weight is 397 g/mol. The summed E-state index contributed by atoms with van der Waals surface area (Å²) in [5.74, 6) is 0.716. The Hall–Kier alpha value is -3.24. The Labute approximate surface area is 163 Å². The van der Waals surface area contributed by atoms with Crippen molar-refractivity contribution in [3.8, 4) is 10.7 Å². The van der Waals surface area contributed by atoms with Gasteiger partial charge in [-0.3, -0.25) is 25.1 Å². The molecule has 0 radical (unpaired) electrons. The summed E-state index contributed by atoms with van der Waals surface area (Å²) in [4.78, 5) is 33.2. The van der Waals surface area contributed by atoms with Crippen LogP contribution in [0.2, 0.25) is 0 Å². The average Bonchev–Trinajstić information content (AvgIpc) is 3.22. The second-order valence-corrected chi connectivity index (χ2v) is 7.38. The lowest BCUT2D eigenvalue weighted by Crippen LogP contribution is -2.31. The van der Waals surface area contributed by atoms with Crippen LogP contribution >= 0.6 is 11.3 Å². The number of thiophene rings is 1. The summed E-state index contributed by atoms with van der Waals surface area (Å²) in [5.41, 5.74) is 1.93. The first-order valence-corrected chi connectivity index (χ1v) is 9.42. The fourth-order valence-corrected chi connectivity index (χ4v) is 3.91. The zero-order valence-electron chi connectivity index (χ0n) is 14.6. The molecule has 0 aliphatic carbocycles. The molecule has 1 aliphatic rings. The number of hydrogen-bond donors (Lipinski definition) is 0. The number of non-ortho nitro benzene ring substituents is 1. The molecule has 28 heavy (non-hydrogen) atoms. The van der Waals surface area contributed by atoms with Crippen LogP contribution < -0.4 is 0 Å². The molecule has 9 nitrogen and oxygen atoms in total. The Balaban J connectivity index is 1.54. The molecular formula is C18H15N5O4S. The maximum Gasteiger partial charge on any atom is 0.280 e. The van der Waals surface area contributed by atoms with Crippen LogP contribution in [0, 0.1) is 20.2 Å². The normalized spacial score (nSPS) is 13.9. The van der Waals surface area contributed by atoms with Gasteiger partial charge < -0.3 is 0 Å². The summed E-state index contributed by atoms with van der Waals surface area (Å²) >= 11 is 1.59. The van der Waals surface area contributed by atoms with Crippen LogP contribution in [0.4, 0.5) is 11.4 Å². The monoisotopic (exact) mass is 397 g/mol. The van der Waals surface area contributed by atoms with E-state index in [-0.39, 0.29) is 11.4 Å². The number of hydrogen-bond acceptors (Lipinski definition) is 8. The first-order valence-electron chi connectivity index (χ1n) is 8.54. The fraction of sp³-hybridized carbons (Fsp3) is 0.222. The molecule has 0 saturated carbocycles. The molecule has 0 atom stereocenters. The third-order valence-electron chi connectivity index (χ3n) is 4.62. The van der Waals surface area contributed by atoms with E-state index < -0.39 is 9.85 Å². The van der Waals surface area contributed by atoms with Crippen molar-refractivity contribution in [3.05, 3.63) is 79.0 Å². The highest BCUT2D eigenvalue weighted by molar-refractivity contribution is 7.13. The van der Waals surface area contributed by atoms with Crippen molar-refractivity contribution in [1.82, 2.24) is 14.9 Å². The molecular weight excluding hydrogens is 382 g/mol. The van der Waals surface area contributed by atoms with E-state index in [1.165, 1.54) is 12.1 Å². The van der Waals surface area contributed by atoms with Gasteiger partial charge in [0.15, 0.2) is 5.82 Å². The van der Waals surface area contributed by atoms with E-state index in [9.17, 15) is 20.2 Å². The fourth-order valence-electron chi connectivity index (χ4n) is 3.24. The van der Waals surface area contributed by atoms with Gasteiger partial charge in [0.2, 0.25) is 0 Å². The van der Waals surface area contributed by atoms with Crippen LogP contribution in [0.1, 0.15) is 16.8 Å². The third-order valence-corrected chi connectivity index (χ3v) is 5.49. The van der Waals surface area contributed by atoms with Crippen molar-refractivity contribution in [1.29, 1.82) is 0 Å². The summed E-state index contributed by atoms with van der Waals surface area (Å²) in [6.07, 6.45) is 2.53. The van der Waals surface area contributed by atoms with Gasteiger partial charge in [-0.05, 0) is 17.5 Å². The van der Waals surface area contributed by atoms with Gasteiger partial charge in [-0.2, -0.15) is 0 Å². The van der Waals surface area contributed by atoms with Crippen LogP contribution in [-0.4, -0.2) is 31.3 Å². The van der Waals surface area contributed by atoms with Crippen molar-refractivity contribution in [2.75, 3.05) is 6.54 Å². The lowest BCUT2D eigenvalue weighted by Gasteiger charge is -2.27. The predicted octanol–water partition coefficient (Wildman–Crippen LogP) is 3.58. The first-order chi connectivity index (χ1) is 13.5. The SMILES string of the molecule is O=[N+]([O-])c1ccc(CN2CCc3nc(-c4cccs4)ncc3C2)c([N+](=O)[O-])c1. The molecule has 0 saturated heterocycles. The number of fused-ring (bicyclic) bond motifs is 1. The molecule has 10 heteroatoms. The number of benzene rings is 1. The van der Waals surface area contributed by atoms with Gasteiger partial charge in [0.05, 0.1) is 26.5 Å². The third kappa shape index (κ3) is 3.59. The molecule has 1 aliphatic heterocycles. The summed E-state index contributed by atoms with van der Waals surface area (Å²) in [6, 6.07) is 7.72. The highest BCUT2D eigenvalue weighted by Gasteiger charge is 2.24. The Morgan fingerprint density at radius 1 is 1.18 bits per heavy atom. The molecule has 142 valence electrons. The van der Waals surface area contributed by atoms with Crippen molar-refractivity contribution < 1.29 is 9.85 Å². The quantitative estimate of drug-likeness (QED) is 0.477. The molecule has 1 aromatic carbocycles. The number of aromatic nitrogens is 2. The largest absolute Gasteiger partial charge is 0.294 e. The summed E-state index contributed by atoms with van der Waals surface area (Å²) in [7, 11) is 0. The Morgan fingerprint density at radius 3 is 2.75 bits per heavy atom. The Morgan fingerprint density at radius 2 is 2.04 bits per heavy atom. The van der Waals surface area contributed by atoms with Crippen LogP contribution in [0.5, 0.6) is 0 Å². The van der Waals surface area contributed by atoms with Crippen molar-refractivity contribution >= 4 is 22.7 Å². The summed E-state index contributed by atoms with van der Waals surface area (Å²) in [5, 5.41) is 24.2. The molecule has 3 aromatic rings. The lowest BCUT2D eigenvalue weighted by molar-refractivity contribution is -0.394. The van der Waals surface area contributed by atoms with E-state index in [0.717, 1.165) is 28.6 Å². The highest BCUT2D eigenvalue weighted by atomic mass is 32.1. The van der Waals surface area contributed by atoms with Crippen molar-refractivity contribution in [3.63, 3.8) is 0 Å². The van der Waals surface area contributed by atoms with E-state index in [2.05, 4.69) is 14.9 Å². The molecule has 4 rings (SSSR count). The first kappa shape index (κ1) is 18.1.